The Morgan fingerprint density at radius 3 is 2.06 bits per heavy atom. The number of rotatable bonds is 0. The second kappa shape index (κ2) is 8.29. The highest BCUT2D eigenvalue weighted by Crippen LogP contribution is 2.12. The van der Waals surface area contributed by atoms with Crippen LogP contribution >= 0.6 is 11.6 Å². The van der Waals surface area contributed by atoms with Gasteiger partial charge in [-0.1, -0.05) is 43.7 Å². The van der Waals surface area contributed by atoms with Gasteiger partial charge in [-0.15, -0.1) is 10.2 Å². The highest BCUT2D eigenvalue weighted by molar-refractivity contribution is 6.65. The largest absolute Gasteiger partial charge is 0.191 e. The molecule has 0 spiro atoms. The molecular weight excluding hydrogens is 222 g/mol. The summed E-state index contributed by atoms with van der Waals surface area (Å²) in [5.41, 5.74) is 0.498. The normalized spacial score (nSPS) is 27.0. The van der Waals surface area contributed by atoms with E-state index >= 15 is 0 Å². The van der Waals surface area contributed by atoms with Gasteiger partial charge in [0.1, 0.15) is 17.0 Å². The van der Waals surface area contributed by atoms with Gasteiger partial charge in [0, 0.05) is 12.8 Å². The zero-order chi connectivity index (χ0) is 11.6. The summed E-state index contributed by atoms with van der Waals surface area (Å²) in [4.78, 5) is 0. The molecule has 0 saturated carbocycles. The fourth-order valence-corrected chi connectivity index (χ4v) is 1.91. The first kappa shape index (κ1) is 13.2. The first-order valence-electron chi connectivity index (χ1n) is 6.02. The van der Waals surface area contributed by atoms with Gasteiger partial charge < -0.3 is 0 Å². The summed E-state index contributed by atoms with van der Waals surface area (Å²) < 4.78 is 0. The third-order valence-corrected chi connectivity index (χ3v) is 2.97. The summed E-state index contributed by atoms with van der Waals surface area (Å²) >= 11 is 5.91. The maximum Gasteiger partial charge on any atom is 0.140 e. The minimum atomic E-state index is 0.498. The van der Waals surface area contributed by atoms with Gasteiger partial charge in [-0.05, 0) is 12.8 Å². The van der Waals surface area contributed by atoms with E-state index in [9.17, 15) is 0 Å². The Hall–Kier alpha value is -0.880. The van der Waals surface area contributed by atoms with Crippen LogP contribution in [0, 0.1) is 11.3 Å². The van der Waals surface area contributed by atoms with E-state index < -0.39 is 0 Å². The molecule has 88 valence electrons. The van der Waals surface area contributed by atoms with Crippen molar-refractivity contribution in [3.63, 3.8) is 0 Å². The molecule has 16 heavy (non-hydrogen) atoms. The van der Waals surface area contributed by atoms with Crippen LogP contribution in [-0.4, -0.2) is 10.9 Å². The van der Waals surface area contributed by atoms with Gasteiger partial charge in [-0.25, -0.2) is 0 Å². The molecule has 0 saturated heterocycles. The van der Waals surface area contributed by atoms with Crippen molar-refractivity contribution in [2.24, 2.45) is 10.2 Å². The average Bonchev–Trinajstić information content (AvgIpc) is 2.31. The molecule has 4 heteroatoms. The average molecular weight is 240 g/mol. The topological polar surface area (TPSA) is 48.5 Å². The lowest BCUT2D eigenvalue weighted by molar-refractivity contribution is 0.590. The molecular formula is C12H18ClN3. The monoisotopic (exact) mass is 239 g/mol. The summed E-state index contributed by atoms with van der Waals surface area (Å²) in [5, 5.41) is 17.2. The third kappa shape index (κ3) is 5.87. The molecule has 0 aliphatic carbocycles. The van der Waals surface area contributed by atoms with Gasteiger partial charge in [-0.3, -0.25) is 0 Å². The van der Waals surface area contributed by atoms with Crippen LogP contribution in [0.5, 0.6) is 0 Å². The second-order valence-corrected chi connectivity index (χ2v) is 4.55. The van der Waals surface area contributed by atoms with Crippen LogP contribution in [0.15, 0.2) is 10.2 Å². The molecule has 0 aromatic heterocycles. The van der Waals surface area contributed by atoms with Crippen molar-refractivity contribution >= 4 is 22.5 Å². The minimum Gasteiger partial charge on any atom is -0.191 e. The number of nitrogens with zero attached hydrogens (tertiary/aromatic N) is 3. The van der Waals surface area contributed by atoms with Crippen molar-refractivity contribution in [3.05, 3.63) is 0 Å². The molecule has 0 unspecified atom stereocenters. The maximum absolute atomic E-state index is 8.84. The van der Waals surface area contributed by atoms with Crippen molar-refractivity contribution in [1.29, 1.82) is 5.26 Å². The summed E-state index contributed by atoms with van der Waals surface area (Å²) in [6.45, 7) is 0. The van der Waals surface area contributed by atoms with E-state index in [1.54, 1.807) is 0 Å². The first-order valence-corrected chi connectivity index (χ1v) is 6.39. The van der Waals surface area contributed by atoms with E-state index in [4.69, 9.17) is 16.9 Å². The lowest BCUT2D eigenvalue weighted by atomic mass is 10.1. The van der Waals surface area contributed by atoms with Gasteiger partial charge in [0.05, 0.1) is 0 Å². The molecule has 3 nitrogen and oxygen atoms in total. The van der Waals surface area contributed by atoms with Gasteiger partial charge in [0.2, 0.25) is 0 Å². The van der Waals surface area contributed by atoms with Crippen LogP contribution in [-0.2, 0) is 0 Å². The number of nitriles is 1. The molecule has 0 atom stereocenters. The molecule has 1 heterocycles. The quantitative estimate of drug-likeness (QED) is 0.630. The Kier molecular flexibility index (Phi) is 6.83. The second-order valence-electron chi connectivity index (χ2n) is 4.11. The molecule has 0 aromatic rings. The summed E-state index contributed by atoms with van der Waals surface area (Å²) in [6.07, 6.45) is 9.81. The van der Waals surface area contributed by atoms with E-state index in [2.05, 4.69) is 16.3 Å². The van der Waals surface area contributed by atoms with Crippen LogP contribution < -0.4 is 0 Å². The van der Waals surface area contributed by atoms with Crippen molar-refractivity contribution in [2.75, 3.05) is 0 Å². The van der Waals surface area contributed by atoms with E-state index in [1.165, 1.54) is 32.1 Å². The molecule has 1 aliphatic rings. The Balaban J connectivity index is 2.55. The lowest BCUT2D eigenvalue weighted by Gasteiger charge is -1.99. The molecule has 0 fully saturated rings. The third-order valence-electron chi connectivity index (χ3n) is 2.70. The minimum absolute atomic E-state index is 0.498. The fourth-order valence-electron chi connectivity index (χ4n) is 1.74. The van der Waals surface area contributed by atoms with Crippen molar-refractivity contribution < 1.29 is 0 Å². The summed E-state index contributed by atoms with van der Waals surface area (Å²) in [5.74, 6) is 0. The fraction of sp³-hybridized carbons (Fsp3) is 0.750. The van der Waals surface area contributed by atoms with Gasteiger partial charge >= 0.3 is 0 Å². The molecule has 0 bridgehead atoms. The van der Waals surface area contributed by atoms with E-state index in [-0.39, 0.29) is 0 Å². The van der Waals surface area contributed by atoms with Gasteiger partial charge in [0.15, 0.2) is 0 Å². The van der Waals surface area contributed by atoms with E-state index in [0.717, 1.165) is 25.7 Å². The molecule has 0 N–H and O–H groups in total. The van der Waals surface area contributed by atoms with Crippen molar-refractivity contribution in [2.45, 2.75) is 57.8 Å². The van der Waals surface area contributed by atoms with Gasteiger partial charge in [0.25, 0.3) is 0 Å². The predicted octanol–water partition coefficient (Wildman–Crippen LogP) is 4.03. The Morgan fingerprint density at radius 2 is 1.44 bits per heavy atom. The number of hydrogen-bond acceptors (Lipinski definition) is 3. The first-order chi connectivity index (χ1) is 7.83. The molecule has 1 aliphatic heterocycles. The Labute approximate surface area is 102 Å². The van der Waals surface area contributed by atoms with E-state index in [0.29, 0.717) is 10.9 Å². The van der Waals surface area contributed by atoms with Crippen LogP contribution in [0.1, 0.15) is 57.8 Å². The summed E-state index contributed by atoms with van der Waals surface area (Å²) in [7, 11) is 0. The maximum atomic E-state index is 8.84. The predicted molar refractivity (Wildman–Crippen MR) is 67.9 cm³/mol. The molecule has 1 rings (SSSR count). The highest BCUT2D eigenvalue weighted by atomic mass is 35.5. The standard InChI is InChI=1S/C12H18ClN3/c13-12-9-7-5-3-1-2-4-6-8-11(10-14)15-16-12/h1-9H2/b15-11-,16-12-. The number of hydrogen-bond donors (Lipinski definition) is 0. The van der Waals surface area contributed by atoms with Crippen molar-refractivity contribution in [1.82, 2.24) is 0 Å². The van der Waals surface area contributed by atoms with Crippen LogP contribution in [0.2, 0.25) is 0 Å². The van der Waals surface area contributed by atoms with Crippen LogP contribution in [0.3, 0.4) is 0 Å². The van der Waals surface area contributed by atoms with Crippen molar-refractivity contribution in [3.8, 4) is 6.07 Å². The highest BCUT2D eigenvalue weighted by Gasteiger charge is 2.01. The number of halogens is 1. The molecule has 0 aromatic carbocycles. The lowest BCUT2D eigenvalue weighted by Crippen LogP contribution is -1.94. The SMILES string of the molecule is N#C/C1=N\N=C(/Cl)CCCCCCCCC1. The van der Waals surface area contributed by atoms with Crippen LogP contribution in [0.4, 0.5) is 0 Å². The zero-order valence-electron chi connectivity index (χ0n) is 9.58. The van der Waals surface area contributed by atoms with E-state index in [1.807, 2.05) is 0 Å². The smallest absolute Gasteiger partial charge is 0.140 e. The zero-order valence-corrected chi connectivity index (χ0v) is 10.3. The van der Waals surface area contributed by atoms with Gasteiger partial charge in [-0.2, -0.15) is 5.26 Å². The Bertz CT molecular complexity index is 302. The molecule has 0 amide bonds. The summed E-state index contributed by atoms with van der Waals surface area (Å²) in [6, 6.07) is 2.08. The Morgan fingerprint density at radius 1 is 0.875 bits per heavy atom. The van der Waals surface area contributed by atoms with Crippen LogP contribution in [0.25, 0.3) is 0 Å². The molecule has 0 radical (unpaired) electrons.